The van der Waals surface area contributed by atoms with Crippen molar-refractivity contribution in [2.45, 2.75) is 181 Å². The van der Waals surface area contributed by atoms with Crippen LogP contribution in [0.25, 0.3) is 66.8 Å². The van der Waals surface area contributed by atoms with Crippen LogP contribution in [0.4, 0.5) is 0 Å². The highest BCUT2D eigenvalue weighted by Crippen LogP contribution is 2.56. The third-order valence-electron chi connectivity index (χ3n) is 16.0. The van der Waals surface area contributed by atoms with Crippen molar-refractivity contribution >= 4 is 21.6 Å². The van der Waals surface area contributed by atoms with Crippen LogP contribution in [-0.2, 0) is 32.5 Å². The molecular formula is C76H90S2. The molecule has 0 aromatic heterocycles. The lowest BCUT2D eigenvalue weighted by Crippen LogP contribution is -2.11. The Morgan fingerprint density at radius 2 is 0.385 bits per heavy atom. The van der Waals surface area contributed by atoms with Crippen LogP contribution in [0.3, 0.4) is 0 Å². The first-order valence-corrected chi connectivity index (χ1v) is 30.9. The summed E-state index contributed by atoms with van der Waals surface area (Å²) in [6, 6.07) is 66.3. The molecule has 78 heavy (non-hydrogen) atoms. The van der Waals surface area contributed by atoms with E-state index < -0.39 is 0 Å². The van der Waals surface area contributed by atoms with Crippen molar-refractivity contribution in [3.8, 4) is 66.8 Å². The predicted molar refractivity (Wildman–Crippen MR) is 350 cm³/mol. The van der Waals surface area contributed by atoms with Crippen LogP contribution in [-0.4, -0.2) is 0 Å². The van der Waals surface area contributed by atoms with Crippen molar-refractivity contribution in [3.05, 3.63) is 214 Å². The van der Waals surface area contributed by atoms with E-state index in [-0.39, 0.29) is 43.0 Å². The van der Waals surface area contributed by atoms with Gasteiger partial charge < -0.3 is 0 Å². The molecule has 0 amide bonds. The Bertz CT molecular complexity index is 3100. The van der Waals surface area contributed by atoms with Gasteiger partial charge in [-0.25, -0.2) is 0 Å². The summed E-state index contributed by atoms with van der Waals surface area (Å²) in [5.41, 5.74) is 26.2. The van der Waals surface area contributed by atoms with Crippen molar-refractivity contribution in [2.75, 3.05) is 0 Å². The second-order valence-electron chi connectivity index (χ2n) is 28.3. The molecule has 0 heterocycles. The van der Waals surface area contributed by atoms with Crippen molar-refractivity contribution in [3.63, 3.8) is 0 Å². The quantitative estimate of drug-likeness (QED) is 0.118. The van der Waals surface area contributed by atoms with Crippen LogP contribution in [0.15, 0.2) is 170 Å². The van der Waals surface area contributed by atoms with Gasteiger partial charge in [0.25, 0.3) is 0 Å². The monoisotopic (exact) mass is 1070 g/mol. The lowest BCUT2D eigenvalue weighted by atomic mass is 9.81. The average Bonchev–Trinajstić information content (AvgIpc) is 3.48. The maximum atomic E-state index is 2.46. The molecule has 0 bridgehead atoms. The summed E-state index contributed by atoms with van der Waals surface area (Å²) in [5, 5.41) is 0.191. The first-order valence-electron chi connectivity index (χ1n) is 28.6. The van der Waals surface area contributed by atoms with Gasteiger partial charge in [-0.2, -0.15) is 0 Å². The van der Waals surface area contributed by atoms with Crippen LogP contribution in [0.2, 0.25) is 0 Å². The van der Waals surface area contributed by atoms with Gasteiger partial charge in [0.1, 0.15) is 0 Å². The molecule has 0 unspecified atom stereocenters. The first kappa shape index (κ1) is 58.6. The average molecular weight is 1070 g/mol. The summed E-state index contributed by atoms with van der Waals surface area (Å²) in [4.78, 5) is 0. The van der Waals surface area contributed by atoms with Gasteiger partial charge in [0.05, 0.1) is 0 Å². The van der Waals surface area contributed by atoms with Gasteiger partial charge >= 0.3 is 0 Å². The molecule has 2 atom stereocenters. The molecule has 0 saturated heterocycles. The zero-order valence-electron chi connectivity index (χ0n) is 51.1. The fourth-order valence-corrected chi connectivity index (χ4v) is 13.4. The Labute approximate surface area is 481 Å². The Morgan fingerprint density at radius 1 is 0.218 bits per heavy atom. The van der Waals surface area contributed by atoms with E-state index in [0.29, 0.717) is 0 Å². The Hall–Kier alpha value is -5.54. The molecular weight excluding hydrogens is 977 g/mol. The standard InChI is InChI=1S/C76H90S2/c1-49(67-63(51-21-33-57(34-22-51)71(3,4)5)45-47-65(53-25-37-59(38-26-53)73(9,10)11)69(67)55-29-41-61(42-30-55)75(15,16)17)77-78-50(2)68-64(52-23-35-58(36-24-52)72(6,7)8)46-48-66(54-27-39-60(40-28-54)74(12,13)14)70(68)56-31-43-62(44-32-56)76(18,19)20/h21-50H,1-20H3/t49-,50-/m1/s1. The minimum atomic E-state index is 0.0354. The minimum Gasteiger partial charge on any atom is -0.0855 e. The van der Waals surface area contributed by atoms with Crippen LogP contribution in [0.5, 0.6) is 0 Å². The second-order valence-corrected chi connectivity index (χ2v) is 31.3. The van der Waals surface area contributed by atoms with E-state index in [4.69, 9.17) is 0 Å². The molecule has 0 aliphatic rings. The van der Waals surface area contributed by atoms with Crippen molar-refractivity contribution in [2.24, 2.45) is 0 Å². The smallest absolute Gasteiger partial charge is 0.0385 e. The summed E-state index contributed by atoms with van der Waals surface area (Å²) in [5.74, 6) is 0. The first-order chi connectivity index (χ1) is 36.3. The molecule has 0 radical (unpaired) electrons. The molecule has 2 heteroatoms. The van der Waals surface area contributed by atoms with E-state index in [1.807, 2.05) is 21.6 Å². The van der Waals surface area contributed by atoms with Crippen molar-refractivity contribution in [1.82, 2.24) is 0 Å². The van der Waals surface area contributed by atoms with Gasteiger partial charge in [0.15, 0.2) is 0 Å². The highest BCUT2D eigenvalue weighted by Gasteiger charge is 2.29. The summed E-state index contributed by atoms with van der Waals surface area (Å²) in [6.07, 6.45) is 0. The number of rotatable bonds is 11. The topological polar surface area (TPSA) is 0 Å². The normalized spacial score (nSPS) is 13.6. The molecule has 0 spiro atoms. The van der Waals surface area contributed by atoms with Crippen LogP contribution < -0.4 is 0 Å². The summed E-state index contributed by atoms with van der Waals surface area (Å²) in [7, 11) is 4.03. The maximum absolute atomic E-state index is 2.46. The maximum Gasteiger partial charge on any atom is 0.0385 e. The van der Waals surface area contributed by atoms with Crippen LogP contribution in [0, 0.1) is 0 Å². The SMILES string of the molecule is C[C@@H](SS[C@H](C)c1c(-c2ccc(C(C)(C)C)cc2)ccc(-c2ccc(C(C)(C)C)cc2)c1-c1ccc(C(C)(C)C)cc1)c1c(-c2ccc(C(C)(C)C)cc2)ccc(-c2ccc(C(C)(C)C)cc2)c1-c1ccc(C(C)(C)C)cc1. The summed E-state index contributed by atoms with van der Waals surface area (Å²) >= 11 is 0. The van der Waals surface area contributed by atoms with E-state index in [0.717, 1.165) is 0 Å². The fourth-order valence-electron chi connectivity index (χ4n) is 10.8. The van der Waals surface area contributed by atoms with Gasteiger partial charge in [0.2, 0.25) is 0 Å². The molecule has 0 saturated carbocycles. The highest BCUT2D eigenvalue weighted by molar-refractivity contribution is 8.76. The highest BCUT2D eigenvalue weighted by atomic mass is 33.1. The number of benzene rings is 8. The predicted octanol–water partition coefficient (Wildman–Crippen LogP) is 23.7. The van der Waals surface area contributed by atoms with Gasteiger partial charge in [-0.1, -0.05) is 316 Å². The third kappa shape index (κ3) is 13.0. The van der Waals surface area contributed by atoms with Gasteiger partial charge in [-0.05, 0) is 158 Å². The van der Waals surface area contributed by atoms with Crippen molar-refractivity contribution in [1.29, 1.82) is 0 Å². The molecule has 8 aromatic rings. The van der Waals surface area contributed by atoms with E-state index in [2.05, 4.69) is 308 Å². The van der Waals surface area contributed by atoms with E-state index in [1.54, 1.807) is 0 Å². The zero-order valence-corrected chi connectivity index (χ0v) is 52.8. The molecule has 0 aliphatic heterocycles. The lowest BCUT2D eigenvalue weighted by molar-refractivity contribution is 0.590. The Balaban J connectivity index is 1.35. The molecule has 8 aromatic carbocycles. The number of hydrogen-bond donors (Lipinski definition) is 0. The molecule has 0 fully saturated rings. The minimum absolute atomic E-state index is 0.0354. The van der Waals surface area contributed by atoms with Gasteiger partial charge in [0, 0.05) is 10.5 Å². The molecule has 0 nitrogen and oxygen atoms in total. The molecule has 0 N–H and O–H groups in total. The third-order valence-corrected chi connectivity index (χ3v) is 19.2. The molecule has 0 aliphatic carbocycles. The largest absolute Gasteiger partial charge is 0.0855 e. The van der Waals surface area contributed by atoms with Crippen LogP contribution >= 0.6 is 21.6 Å². The lowest BCUT2D eigenvalue weighted by Gasteiger charge is -2.28. The van der Waals surface area contributed by atoms with E-state index in [1.165, 1.54) is 111 Å². The fraction of sp³-hybridized carbons (Fsp3) is 0.368. The molecule has 8 rings (SSSR count). The van der Waals surface area contributed by atoms with E-state index in [9.17, 15) is 0 Å². The Kier molecular flexibility index (Phi) is 16.7. The summed E-state index contributed by atoms with van der Waals surface area (Å²) in [6.45, 7) is 46.4. The zero-order chi connectivity index (χ0) is 56.9. The Morgan fingerprint density at radius 3 is 0.577 bits per heavy atom. The van der Waals surface area contributed by atoms with Crippen molar-refractivity contribution < 1.29 is 0 Å². The molecule has 406 valence electrons. The summed E-state index contributed by atoms with van der Waals surface area (Å²) < 4.78 is 0. The van der Waals surface area contributed by atoms with Gasteiger partial charge in [-0.15, -0.1) is 0 Å². The number of hydrogen-bond acceptors (Lipinski definition) is 2. The second kappa shape index (κ2) is 22.2. The van der Waals surface area contributed by atoms with Gasteiger partial charge in [-0.3, -0.25) is 0 Å². The van der Waals surface area contributed by atoms with E-state index >= 15 is 0 Å². The van der Waals surface area contributed by atoms with Crippen LogP contribution in [0.1, 0.15) is 193 Å².